The Morgan fingerprint density at radius 1 is 1.17 bits per heavy atom. The summed E-state index contributed by atoms with van der Waals surface area (Å²) in [6.45, 7) is 2.13. The molecule has 1 unspecified atom stereocenters. The first-order valence-corrected chi connectivity index (χ1v) is 9.61. The van der Waals surface area contributed by atoms with E-state index >= 15 is 0 Å². The fourth-order valence-corrected chi connectivity index (χ4v) is 3.49. The van der Waals surface area contributed by atoms with Gasteiger partial charge in [-0.25, -0.2) is 0 Å². The number of carbonyl (C=O) groups is 2. The number of hydrogen-bond acceptors (Lipinski definition) is 4. The van der Waals surface area contributed by atoms with Crippen LogP contribution < -0.4 is 0 Å². The van der Waals surface area contributed by atoms with Gasteiger partial charge in [-0.05, 0) is 19.3 Å². The Kier molecular flexibility index (Phi) is 10.9. The van der Waals surface area contributed by atoms with Crippen molar-refractivity contribution in [3.63, 3.8) is 0 Å². The van der Waals surface area contributed by atoms with Gasteiger partial charge in [0.15, 0.2) is 0 Å². The largest absolute Gasteiger partial charge is 0.392 e. The number of ketones is 1. The van der Waals surface area contributed by atoms with E-state index < -0.39 is 12.2 Å². The first-order chi connectivity index (χ1) is 11.6. The lowest BCUT2D eigenvalue weighted by molar-refractivity contribution is -0.121. The Hall–Kier alpha value is -1.00. The molecule has 0 aromatic heterocycles. The zero-order valence-corrected chi connectivity index (χ0v) is 15.0. The van der Waals surface area contributed by atoms with Gasteiger partial charge >= 0.3 is 0 Å². The van der Waals surface area contributed by atoms with E-state index in [9.17, 15) is 19.8 Å². The second-order valence-electron chi connectivity index (χ2n) is 7.03. The molecule has 0 aromatic rings. The summed E-state index contributed by atoms with van der Waals surface area (Å²) >= 11 is 0. The third-order valence-electron chi connectivity index (χ3n) is 4.98. The van der Waals surface area contributed by atoms with Crippen LogP contribution in [0.5, 0.6) is 0 Å². The molecule has 0 aliphatic heterocycles. The van der Waals surface area contributed by atoms with Gasteiger partial charge in [0, 0.05) is 24.7 Å². The number of aliphatic hydroxyl groups is 2. The van der Waals surface area contributed by atoms with Crippen molar-refractivity contribution in [2.75, 3.05) is 0 Å². The molecule has 0 bridgehead atoms. The Morgan fingerprint density at radius 3 is 2.62 bits per heavy atom. The highest BCUT2D eigenvalue weighted by molar-refractivity contribution is 5.84. The van der Waals surface area contributed by atoms with Gasteiger partial charge in [-0.15, -0.1) is 0 Å². The van der Waals surface area contributed by atoms with Crippen molar-refractivity contribution in [2.45, 2.75) is 89.8 Å². The van der Waals surface area contributed by atoms with Gasteiger partial charge in [0.1, 0.15) is 12.1 Å². The lowest BCUT2D eigenvalue weighted by Gasteiger charge is -2.18. The van der Waals surface area contributed by atoms with Gasteiger partial charge in [0.2, 0.25) is 0 Å². The van der Waals surface area contributed by atoms with Crippen molar-refractivity contribution in [3.05, 3.63) is 12.2 Å². The topological polar surface area (TPSA) is 74.6 Å². The summed E-state index contributed by atoms with van der Waals surface area (Å²) in [4.78, 5) is 22.4. The first kappa shape index (κ1) is 21.0. The maximum atomic E-state index is 12.1. The second kappa shape index (κ2) is 12.4. The number of aliphatic hydroxyl groups excluding tert-OH is 2. The molecule has 2 N–H and O–H groups in total. The van der Waals surface area contributed by atoms with E-state index in [1.54, 1.807) is 6.08 Å². The Bertz CT molecular complexity index is 391. The Morgan fingerprint density at radius 2 is 1.92 bits per heavy atom. The first-order valence-electron chi connectivity index (χ1n) is 9.61. The molecule has 0 saturated heterocycles. The van der Waals surface area contributed by atoms with Crippen molar-refractivity contribution in [1.29, 1.82) is 0 Å². The number of aldehydes is 1. The van der Waals surface area contributed by atoms with Crippen LogP contribution in [0.25, 0.3) is 0 Å². The van der Waals surface area contributed by atoms with Crippen LogP contribution >= 0.6 is 0 Å². The van der Waals surface area contributed by atoms with Gasteiger partial charge < -0.3 is 15.0 Å². The van der Waals surface area contributed by atoms with Gasteiger partial charge in [0.05, 0.1) is 12.2 Å². The van der Waals surface area contributed by atoms with Crippen molar-refractivity contribution < 1.29 is 19.8 Å². The summed E-state index contributed by atoms with van der Waals surface area (Å²) in [5.41, 5.74) is 0. The lowest BCUT2D eigenvalue weighted by atomic mass is 9.88. The molecule has 1 aliphatic rings. The van der Waals surface area contributed by atoms with Gasteiger partial charge in [-0.2, -0.15) is 0 Å². The molecule has 0 aromatic carbocycles. The summed E-state index contributed by atoms with van der Waals surface area (Å²) in [5, 5.41) is 20.1. The van der Waals surface area contributed by atoms with E-state index in [-0.39, 0.29) is 24.0 Å². The summed E-state index contributed by atoms with van der Waals surface area (Å²) < 4.78 is 0. The average molecular weight is 338 g/mol. The zero-order valence-electron chi connectivity index (χ0n) is 15.0. The van der Waals surface area contributed by atoms with Crippen LogP contribution in [0.1, 0.15) is 77.6 Å². The van der Waals surface area contributed by atoms with Crippen LogP contribution in [-0.4, -0.2) is 34.5 Å². The monoisotopic (exact) mass is 338 g/mol. The van der Waals surface area contributed by atoms with E-state index in [0.717, 1.165) is 64.1 Å². The summed E-state index contributed by atoms with van der Waals surface area (Å²) in [6.07, 6.45) is 13.0. The van der Waals surface area contributed by atoms with E-state index in [2.05, 4.69) is 6.92 Å². The molecular weight excluding hydrogens is 304 g/mol. The molecule has 4 nitrogen and oxygen atoms in total. The maximum absolute atomic E-state index is 12.1. The molecule has 0 heterocycles. The molecule has 1 fully saturated rings. The second-order valence-corrected chi connectivity index (χ2v) is 7.03. The fraction of sp³-hybridized carbons (Fsp3) is 0.800. The van der Waals surface area contributed by atoms with Crippen LogP contribution in [0.4, 0.5) is 0 Å². The fourth-order valence-electron chi connectivity index (χ4n) is 3.49. The van der Waals surface area contributed by atoms with Crippen LogP contribution in [0, 0.1) is 11.8 Å². The molecular formula is C20H34O4. The standard InChI is InChI=1S/C20H34O4/c1-2-3-7-10-16(22)12-13-18-17(19(23)15-20(18)24)11-8-5-4-6-9-14-21/h12-14,16-18,20,22,24H,2-11,15H2,1H3/b13-12+/t16-,17+,18?,20+/m0/s1. The minimum atomic E-state index is -0.614. The van der Waals surface area contributed by atoms with Crippen molar-refractivity contribution in [3.8, 4) is 0 Å². The third-order valence-corrected chi connectivity index (χ3v) is 4.98. The van der Waals surface area contributed by atoms with E-state index in [4.69, 9.17) is 0 Å². The van der Waals surface area contributed by atoms with Gasteiger partial charge in [-0.1, -0.05) is 57.6 Å². The third kappa shape index (κ3) is 7.71. The summed E-state index contributed by atoms with van der Waals surface area (Å²) in [6, 6.07) is 0. The molecule has 0 radical (unpaired) electrons. The highest BCUT2D eigenvalue weighted by Gasteiger charge is 2.39. The zero-order chi connectivity index (χ0) is 17.8. The number of hydrogen-bond donors (Lipinski definition) is 2. The minimum Gasteiger partial charge on any atom is -0.392 e. The minimum absolute atomic E-state index is 0.120. The molecule has 0 spiro atoms. The Balaban J connectivity index is 2.41. The molecule has 4 atom stereocenters. The predicted molar refractivity (Wildman–Crippen MR) is 95.7 cm³/mol. The molecule has 4 heteroatoms. The van der Waals surface area contributed by atoms with E-state index in [1.165, 1.54) is 0 Å². The number of rotatable bonds is 13. The molecule has 1 saturated carbocycles. The van der Waals surface area contributed by atoms with Gasteiger partial charge in [-0.3, -0.25) is 4.79 Å². The maximum Gasteiger partial charge on any atom is 0.139 e. The van der Waals surface area contributed by atoms with Crippen LogP contribution in [0.3, 0.4) is 0 Å². The van der Waals surface area contributed by atoms with Crippen molar-refractivity contribution in [2.24, 2.45) is 11.8 Å². The smallest absolute Gasteiger partial charge is 0.139 e. The average Bonchev–Trinajstić information content (AvgIpc) is 2.82. The molecule has 138 valence electrons. The lowest BCUT2D eigenvalue weighted by Crippen LogP contribution is -2.19. The van der Waals surface area contributed by atoms with Crippen LogP contribution in [-0.2, 0) is 9.59 Å². The predicted octanol–water partition coefficient (Wildman–Crippen LogP) is 3.59. The number of carbonyl (C=O) groups excluding carboxylic acids is 2. The van der Waals surface area contributed by atoms with Crippen molar-refractivity contribution in [1.82, 2.24) is 0 Å². The van der Waals surface area contributed by atoms with E-state index in [0.29, 0.717) is 6.42 Å². The van der Waals surface area contributed by atoms with E-state index in [1.807, 2.05) is 6.08 Å². The normalized spacial score (nSPS) is 25.5. The Labute approximate surface area is 146 Å². The summed E-state index contributed by atoms with van der Waals surface area (Å²) in [5.74, 6) is -0.135. The van der Waals surface area contributed by atoms with Crippen molar-refractivity contribution >= 4 is 12.1 Å². The van der Waals surface area contributed by atoms with Crippen LogP contribution in [0.15, 0.2) is 12.2 Å². The van der Waals surface area contributed by atoms with Crippen LogP contribution in [0.2, 0.25) is 0 Å². The SMILES string of the molecule is CCCCC[C@H](O)/C=C/C1[C@H](O)CC(=O)[C@@H]1CCCCCCC=O. The molecule has 1 rings (SSSR count). The quantitative estimate of drug-likeness (QED) is 0.306. The molecule has 1 aliphatic carbocycles. The number of unbranched alkanes of at least 4 members (excludes halogenated alkanes) is 6. The highest BCUT2D eigenvalue weighted by Crippen LogP contribution is 2.34. The number of Topliss-reactive ketones (excluding diaryl/α,β-unsaturated/α-hetero) is 1. The molecule has 0 amide bonds. The van der Waals surface area contributed by atoms with Gasteiger partial charge in [0.25, 0.3) is 0 Å². The highest BCUT2D eigenvalue weighted by atomic mass is 16.3. The summed E-state index contributed by atoms with van der Waals surface area (Å²) in [7, 11) is 0. The molecule has 24 heavy (non-hydrogen) atoms.